The van der Waals surface area contributed by atoms with Gasteiger partial charge in [0.15, 0.2) is 0 Å². The van der Waals surface area contributed by atoms with Crippen molar-refractivity contribution < 1.29 is 34.0 Å². The van der Waals surface area contributed by atoms with E-state index in [4.69, 9.17) is 0 Å². The zero-order chi connectivity index (χ0) is 17.0. The van der Waals surface area contributed by atoms with Crippen LogP contribution in [0.25, 0.3) is 0 Å². The number of hydrogen-bond donors (Lipinski definition) is 1. The van der Waals surface area contributed by atoms with Crippen LogP contribution in [-0.4, -0.2) is 5.91 Å². The first-order chi connectivity index (χ1) is 10.8. The topological polar surface area (TPSA) is 29.1 Å². The van der Waals surface area contributed by atoms with Gasteiger partial charge in [-0.15, -0.1) is 0 Å². The first-order valence-corrected chi connectivity index (χ1v) is 8.14. The summed E-state index contributed by atoms with van der Waals surface area (Å²) in [6.45, 7) is 3.64. The molecule has 0 unspecified atom stereocenters. The SMILES string of the molecule is CC(C)(CCc1ccccc1)C(=O)Nc1ccc(F)[c]([Ti])c1F. The summed E-state index contributed by atoms with van der Waals surface area (Å²) in [7, 11) is 0. The zero-order valence-electron chi connectivity index (χ0n) is 13.1. The molecule has 5 heteroatoms. The molecule has 2 rings (SSSR count). The summed E-state index contributed by atoms with van der Waals surface area (Å²) >= 11 is 1.35. The molecule has 0 radical (unpaired) electrons. The van der Waals surface area contributed by atoms with Gasteiger partial charge < -0.3 is 0 Å². The van der Waals surface area contributed by atoms with E-state index in [0.29, 0.717) is 6.42 Å². The normalized spacial score (nSPS) is 11.3. The van der Waals surface area contributed by atoms with Crippen molar-refractivity contribution in [2.45, 2.75) is 26.7 Å². The third-order valence-electron chi connectivity index (χ3n) is 3.84. The van der Waals surface area contributed by atoms with Gasteiger partial charge in [-0.3, -0.25) is 0 Å². The Morgan fingerprint density at radius 2 is 1.78 bits per heavy atom. The Morgan fingerprint density at radius 3 is 2.43 bits per heavy atom. The molecule has 0 aliphatic carbocycles. The minimum absolute atomic E-state index is 0.0155. The van der Waals surface area contributed by atoms with Gasteiger partial charge in [-0.1, -0.05) is 0 Å². The number of anilines is 1. The van der Waals surface area contributed by atoms with E-state index in [-0.39, 0.29) is 15.5 Å². The summed E-state index contributed by atoms with van der Waals surface area (Å²) < 4.78 is 27.2. The number of carbonyl (C=O) groups is 1. The third kappa shape index (κ3) is 4.49. The van der Waals surface area contributed by atoms with E-state index >= 15 is 0 Å². The van der Waals surface area contributed by atoms with Crippen LogP contribution in [0.15, 0.2) is 42.5 Å². The van der Waals surface area contributed by atoms with Crippen LogP contribution in [-0.2, 0) is 31.7 Å². The molecular formula is C18H18F2NOTi. The van der Waals surface area contributed by atoms with Gasteiger partial charge in [-0.05, 0) is 0 Å². The molecule has 0 aliphatic rings. The molecule has 0 aromatic heterocycles. The number of carbonyl (C=O) groups excluding carboxylic acids is 1. The van der Waals surface area contributed by atoms with E-state index in [0.717, 1.165) is 18.1 Å². The predicted molar refractivity (Wildman–Crippen MR) is 83.2 cm³/mol. The molecule has 0 fully saturated rings. The second kappa shape index (κ2) is 7.37. The quantitative estimate of drug-likeness (QED) is 0.818. The van der Waals surface area contributed by atoms with Crippen LogP contribution in [0.2, 0.25) is 0 Å². The Labute approximate surface area is 146 Å². The molecule has 1 amide bonds. The summed E-state index contributed by atoms with van der Waals surface area (Å²) in [4.78, 5) is 12.4. The number of amides is 1. The molecule has 0 bridgehead atoms. The molecule has 1 N–H and O–H groups in total. The summed E-state index contributed by atoms with van der Waals surface area (Å²) in [6, 6.07) is 12.3. The predicted octanol–water partition coefficient (Wildman–Crippen LogP) is 3.73. The average molecular weight is 350 g/mol. The van der Waals surface area contributed by atoms with Crippen LogP contribution in [0.5, 0.6) is 0 Å². The average Bonchev–Trinajstić information content (AvgIpc) is 2.54. The van der Waals surface area contributed by atoms with Gasteiger partial charge in [-0.25, -0.2) is 0 Å². The molecule has 0 saturated carbocycles. The van der Waals surface area contributed by atoms with Crippen LogP contribution in [0, 0.1) is 17.0 Å². The van der Waals surface area contributed by atoms with Crippen LogP contribution in [0.3, 0.4) is 0 Å². The first kappa shape index (κ1) is 17.8. The minimum atomic E-state index is -0.725. The van der Waals surface area contributed by atoms with Crippen molar-refractivity contribution in [3.8, 4) is 0 Å². The molecule has 2 aromatic rings. The number of aryl methyl sites for hydroxylation is 1. The second-order valence-corrected chi connectivity index (χ2v) is 6.89. The van der Waals surface area contributed by atoms with Crippen LogP contribution >= 0.6 is 0 Å². The number of hydrogen-bond acceptors (Lipinski definition) is 1. The molecule has 0 atom stereocenters. The number of nitrogens with one attached hydrogen (secondary N) is 1. The summed E-state index contributed by atoms with van der Waals surface area (Å²) in [5, 5.41) is 2.57. The molecule has 0 heterocycles. The maximum atomic E-state index is 14.0. The summed E-state index contributed by atoms with van der Waals surface area (Å²) in [6.07, 6.45) is 1.39. The molecule has 23 heavy (non-hydrogen) atoms. The van der Waals surface area contributed by atoms with Crippen LogP contribution in [0.4, 0.5) is 14.5 Å². The Balaban J connectivity index is 2.05. The number of rotatable bonds is 5. The fourth-order valence-corrected chi connectivity index (χ4v) is 2.50. The fraction of sp³-hybridized carbons (Fsp3) is 0.278. The van der Waals surface area contributed by atoms with Crippen molar-refractivity contribution in [2.75, 3.05) is 5.32 Å². The fourth-order valence-electron chi connectivity index (χ4n) is 2.16. The van der Waals surface area contributed by atoms with Crippen molar-refractivity contribution in [3.05, 3.63) is 59.7 Å². The number of benzene rings is 2. The van der Waals surface area contributed by atoms with Crippen molar-refractivity contribution in [2.24, 2.45) is 5.41 Å². The third-order valence-corrected chi connectivity index (χ3v) is 4.55. The first-order valence-electron chi connectivity index (χ1n) is 7.36. The van der Waals surface area contributed by atoms with Crippen molar-refractivity contribution in [3.63, 3.8) is 0 Å². The van der Waals surface area contributed by atoms with Crippen LogP contribution in [0.1, 0.15) is 25.8 Å². The maximum absolute atomic E-state index is 14.0. The monoisotopic (exact) mass is 350 g/mol. The van der Waals surface area contributed by atoms with Gasteiger partial charge in [0.2, 0.25) is 0 Å². The van der Waals surface area contributed by atoms with Crippen molar-refractivity contribution in [1.82, 2.24) is 0 Å². The summed E-state index contributed by atoms with van der Waals surface area (Å²) in [5.74, 6) is -1.63. The van der Waals surface area contributed by atoms with E-state index in [2.05, 4.69) is 5.32 Å². The van der Waals surface area contributed by atoms with Gasteiger partial charge in [0, 0.05) is 0 Å². The molecule has 119 valence electrons. The Bertz CT molecular complexity index is 702. The molecule has 0 saturated heterocycles. The van der Waals surface area contributed by atoms with E-state index < -0.39 is 17.0 Å². The van der Waals surface area contributed by atoms with Crippen molar-refractivity contribution >= 4 is 15.5 Å². The van der Waals surface area contributed by atoms with Gasteiger partial charge in [0.1, 0.15) is 0 Å². The van der Waals surface area contributed by atoms with Crippen molar-refractivity contribution in [1.29, 1.82) is 0 Å². The molecule has 2 nitrogen and oxygen atoms in total. The Hall–Kier alpha value is -1.52. The second-order valence-electron chi connectivity index (χ2n) is 6.11. The summed E-state index contributed by atoms with van der Waals surface area (Å²) in [5.41, 5.74) is 0.503. The van der Waals surface area contributed by atoms with E-state index in [1.165, 1.54) is 26.5 Å². The van der Waals surface area contributed by atoms with Gasteiger partial charge in [-0.2, -0.15) is 0 Å². The Kier molecular flexibility index (Phi) is 5.71. The van der Waals surface area contributed by atoms with Gasteiger partial charge >= 0.3 is 147 Å². The Morgan fingerprint density at radius 1 is 1.13 bits per heavy atom. The van der Waals surface area contributed by atoms with E-state index in [9.17, 15) is 13.6 Å². The standard InChI is InChI=1S/C18H18F2NO.Ti/c1-18(2,11-10-13-6-4-3-5-7-13)17(22)21-16-9-8-14(19)12-15(16)20;/h3-9H,10-11H2,1-2H3,(H,21,22);. The van der Waals surface area contributed by atoms with E-state index in [1.54, 1.807) is 0 Å². The molecule has 0 aliphatic heterocycles. The zero-order valence-corrected chi connectivity index (χ0v) is 14.7. The van der Waals surface area contributed by atoms with Gasteiger partial charge in [0.25, 0.3) is 0 Å². The molecular weight excluding hydrogens is 332 g/mol. The number of halogens is 2. The van der Waals surface area contributed by atoms with Gasteiger partial charge in [0.05, 0.1) is 0 Å². The van der Waals surface area contributed by atoms with E-state index in [1.807, 2.05) is 44.2 Å². The van der Waals surface area contributed by atoms with Crippen LogP contribution < -0.4 is 9.18 Å². The molecule has 2 aromatic carbocycles. The molecule has 0 spiro atoms.